The summed E-state index contributed by atoms with van der Waals surface area (Å²) in [5.74, 6) is 1.40. The van der Waals surface area contributed by atoms with E-state index in [0.717, 1.165) is 60.4 Å². The maximum Gasteiger partial charge on any atom is 0.268 e. The first-order valence-electron chi connectivity index (χ1n) is 10.8. The average molecular weight is 428 g/mol. The molecule has 2 N–H and O–H groups in total. The number of hydrogen-bond donors (Lipinski definition) is 2. The highest BCUT2D eigenvalue weighted by molar-refractivity contribution is 7.18. The highest BCUT2D eigenvalue weighted by Gasteiger charge is 2.22. The topological polar surface area (TPSA) is 60.6 Å². The number of aryl methyl sites for hydroxylation is 2. The SMILES string of the molecule is COc1ccc(-n2c(NCCC[NH+](C)C)nc3sc4c(c3c2=O)CCCCC4)cc1. The number of nitrogens with one attached hydrogen (secondary N) is 2. The van der Waals surface area contributed by atoms with Gasteiger partial charge in [0.1, 0.15) is 10.6 Å². The molecular formula is C23H31N4O2S+. The second-order valence-corrected chi connectivity index (χ2v) is 9.34. The lowest BCUT2D eigenvalue weighted by Gasteiger charge is -2.15. The van der Waals surface area contributed by atoms with E-state index in [0.29, 0.717) is 5.95 Å². The third kappa shape index (κ3) is 4.23. The van der Waals surface area contributed by atoms with E-state index in [9.17, 15) is 4.79 Å². The Labute approximate surface area is 181 Å². The zero-order chi connectivity index (χ0) is 21.1. The lowest BCUT2D eigenvalue weighted by molar-refractivity contribution is -0.858. The van der Waals surface area contributed by atoms with Gasteiger partial charge >= 0.3 is 0 Å². The highest BCUT2D eigenvalue weighted by Crippen LogP contribution is 2.34. The summed E-state index contributed by atoms with van der Waals surface area (Å²) in [5, 5.41) is 4.25. The van der Waals surface area contributed by atoms with E-state index < -0.39 is 0 Å². The molecule has 0 atom stereocenters. The Bertz CT molecular complexity index is 1070. The fourth-order valence-electron chi connectivity index (χ4n) is 4.11. The molecule has 0 amide bonds. The van der Waals surface area contributed by atoms with Gasteiger partial charge in [-0.25, -0.2) is 9.55 Å². The van der Waals surface area contributed by atoms with Crippen LogP contribution in [0.2, 0.25) is 0 Å². The van der Waals surface area contributed by atoms with Gasteiger partial charge in [0.2, 0.25) is 5.95 Å². The van der Waals surface area contributed by atoms with E-state index in [1.165, 1.54) is 28.2 Å². The molecule has 0 fully saturated rings. The molecule has 1 aliphatic carbocycles. The Morgan fingerprint density at radius 1 is 1.17 bits per heavy atom. The van der Waals surface area contributed by atoms with Crippen molar-refractivity contribution in [2.24, 2.45) is 0 Å². The van der Waals surface area contributed by atoms with Crippen molar-refractivity contribution < 1.29 is 9.64 Å². The zero-order valence-electron chi connectivity index (χ0n) is 18.1. The van der Waals surface area contributed by atoms with Crippen LogP contribution in [0.3, 0.4) is 0 Å². The molecule has 2 heterocycles. The molecular weight excluding hydrogens is 396 g/mol. The molecule has 0 saturated carbocycles. The van der Waals surface area contributed by atoms with E-state index in [1.807, 2.05) is 24.3 Å². The van der Waals surface area contributed by atoms with Crippen molar-refractivity contribution >= 4 is 27.5 Å². The number of rotatable bonds is 7. The largest absolute Gasteiger partial charge is 0.497 e. The minimum atomic E-state index is 0.0327. The van der Waals surface area contributed by atoms with Gasteiger partial charge in [-0.1, -0.05) is 6.42 Å². The van der Waals surface area contributed by atoms with Crippen molar-refractivity contribution in [3.05, 3.63) is 45.1 Å². The molecule has 30 heavy (non-hydrogen) atoms. The summed E-state index contributed by atoms with van der Waals surface area (Å²) >= 11 is 1.71. The molecule has 0 unspecified atom stereocenters. The first-order valence-corrected chi connectivity index (χ1v) is 11.6. The van der Waals surface area contributed by atoms with Gasteiger partial charge in [-0.15, -0.1) is 11.3 Å². The second kappa shape index (κ2) is 9.18. The maximum atomic E-state index is 13.7. The molecule has 6 nitrogen and oxygen atoms in total. The third-order valence-electron chi connectivity index (χ3n) is 5.71. The van der Waals surface area contributed by atoms with E-state index in [4.69, 9.17) is 9.72 Å². The summed E-state index contributed by atoms with van der Waals surface area (Å²) in [5.41, 5.74) is 2.07. The number of quaternary nitrogens is 1. The van der Waals surface area contributed by atoms with Gasteiger partial charge < -0.3 is 15.0 Å². The number of thiophene rings is 1. The Morgan fingerprint density at radius 3 is 2.67 bits per heavy atom. The van der Waals surface area contributed by atoms with Crippen molar-refractivity contribution in [1.82, 2.24) is 9.55 Å². The Morgan fingerprint density at radius 2 is 1.93 bits per heavy atom. The number of hydrogen-bond acceptors (Lipinski definition) is 5. The molecule has 0 spiro atoms. The molecule has 0 radical (unpaired) electrons. The van der Waals surface area contributed by atoms with Gasteiger partial charge in [0.25, 0.3) is 5.56 Å². The van der Waals surface area contributed by atoms with Gasteiger partial charge in [0.15, 0.2) is 0 Å². The average Bonchev–Trinajstić information content (AvgIpc) is 2.92. The first kappa shape index (κ1) is 20.9. The lowest BCUT2D eigenvalue weighted by atomic mass is 10.1. The third-order valence-corrected chi connectivity index (χ3v) is 6.89. The molecule has 2 aromatic heterocycles. The number of anilines is 1. The van der Waals surface area contributed by atoms with E-state index in [-0.39, 0.29) is 5.56 Å². The summed E-state index contributed by atoms with van der Waals surface area (Å²) in [6, 6.07) is 7.63. The normalized spacial score (nSPS) is 14.0. The van der Waals surface area contributed by atoms with Gasteiger partial charge in [0.05, 0.1) is 38.8 Å². The Kier molecular flexibility index (Phi) is 6.39. The molecule has 1 aromatic carbocycles. The first-order chi connectivity index (χ1) is 14.6. The van der Waals surface area contributed by atoms with Crippen LogP contribution in [0.15, 0.2) is 29.1 Å². The second-order valence-electron chi connectivity index (χ2n) is 8.26. The van der Waals surface area contributed by atoms with Crippen molar-refractivity contribution in [2.45, 2.75) is 38.5 Å². The number of fused-ring (bicyclic) bond motifs is 3. The Hall–Kier alpha value is -2.38. The van der Waals surface area contributed by atoms with Crippen molar-refractivity contribution in [3.8, 4) is 11.4 Å². The van der Waals surface area contributed by atoms with Crippen LogP contribution >= 0.6 is 11.3 Å². The van der Waals surface area contributed by atoms with Crippen LogP contribution in [0.5, 0.6) is 5.75 Å². The van der Waals surface area contributed by atoms with Gasteiger partial charge in [-0.2, -0.15) is 0 Å². The number of methoxy groups -OCH3 is 1. The molecule has 160 valence electrons. The van der Waals surface area contributed by atoms with Gasteiger partial charge in [0, 0.05) is 17.8 Å². The Balaban J connectivity index is 1.81. The summed E-state index contributed by atoms with van der Waals surface area (Å²) in [7, 11) is 5.95. The molecule has 7 heteroatoms. The number of aromatic nitrogens is 2. The van der Waals surface area contributed by atoms with Gasteiger partial charge in [-0.05, 0) is 55.5 Å². The molecule has 1 aliphatic rings. The molecule has 0 saturated heterocycles. The van der Waals surface area contributed by atoms with E-state index >= 15 is 0 Å². The maximum absolute atomic E-state index is 13.7. The quantitative estimate of drug-likeness (QED) is 0.450. The zero-order valence-corrected chi connectivity index (χ0v) is 18.9. The predicted octanol–water partition coefficient (Wildman–Crippen LogP) is 2.67. The van der Waals surface area contributed by atoms with Gasteiger partial charge in [-0.3, -0.25) is 4.79 Å². The fourth-order valence-corrected chi connectivity index (χ4v) is 5.37. The molecule has 3 aromatic rings. The molecule has 0 bridgehead atoms. The van der Waals surface area contributed by atoms with Crippen LogP contribution in [-0.2, 0) is 12.8 Å². The van der Waals surface area contributed by atoms with Crippen LogP contribution < -0.4 is 20.5 Å². The fraction of sp³-hybridized carbons (Fsp3) is 0.478. The minimum absolute atomic E-state index is 0.0327. The van der Waals surface area contributed by atoms with Crippen molar-refractivity contribution in [1.29, 1.82) is 0 Å². The van der Waals surface area contributed by atoms with E-state index in [1.54, 1.807) is 23.0 Å². The van der Waals surface area contributed by atoms with Crippen LogP contribution in [0.1, 0.15) is 36.1 Å². The minimum Gasteiger partial charge on any atom is -0.497 e. The van der Waals surface area contributed by atoms with Crippen LogP contribution in [0.4, 0.5) is 5.95 Å². The number of nitrogens with zero attached hydrogens (tertiary/aromatic N) is 2. The van der Waals surface area contributed by atoms with Crippen LogP contribution in [-0.4, -0.2) is 43.8 Å². The van der Waals surface area contributed by atoms with Crippen LogP contribution in [0.25, 0.3) is 15.9 Å². The summed E-state index contributed by atoms with van der Waals surface area (Å²) in [4.78, 5) is 22.3. The highest BCUT2D eigenvalue weighted by atomic mass is 32.1. The van der Waals surface area contributed by atoms with Crippen molar-refractivity contribution in [3.63, 3.8) is 0 Å². The predicted molar refractivity (Wildman–Crippen MR) is 124 cm³/mol. The van der Waals surface area contributed by atoms with E-state index in [2.05, 4.69) is 19.4 Å². The lowest BCUT2D eigenvalue weighted by Crippen LogP contribution is -3.05. The summed E-state index contributed by atoms with van der Waals surface area (Å²) < 4.78 is 7.03. The number of benzene rings is 1. The summed E-state index contributed by atoms with van der Waals surface area (Å²) in [6.07, 6.45) is 6.63. The smallest absolute Gasteiger partial charge is 0.268 e. The standard InChI is InChI=1S/C23H30N4O2S/c1-26(2)15-7-14-24-23-25-21-20(18-8-5-4-6-9-19(18)30-21)22(28)27(23)16-10-12-17(29-3)13-11-16/h10-13H,4-9,14-15H2,1-3H3,(H,24,25)/p+1. The monoisotopic (exact) mass is 427 g/mol. The van der Waals surface area contributed by atoms with Crippen molar-refractivity contribution in [2.75, 3.05) is 39.6 Å². The number of ether oxygens (including phenoxy) is 1. The molecule has 4 rings (SSSR count). The van der Waals surface area contributed by atoms with Crippen LogP contribution in [0, 0.1) is 0 Å². The molecule has 0 aliphatic heterocycles. The summed E-state index contributed by atoms with van der Waals surface area (Å²) in [6.45, 7) is 1.85.